The Morgan fingerprint density at radius 2 is 1.53 bits per heavy atom. The summed E-state index contributed by atoms with van der Waals surface area (Å²) in [7, 11) is 1.29. The number of imide groups is 1. The minimum Gasteiger partial charge on any atom is -0.465 e. The van der Waals surface area contributed by atoms with Gasteiger partial charge in [-0.1, -0.05) is 54.6 Å². The molecule has 1 aliphatic heterocycles. The summed E-state index contributed by atoms with van der Waals surface area (Å²) in [6.45, 7) is 0. The second-order valence-corrected chi connectivity index (χ2v) is 9.02. The van der Waals surface area contributed by atoms with Gasteiger partial charge in [-0.05, 0) is 40.5 Å². The molecule has 0 N–H and O–H groups in total. The maximum Gasteiger partial charge on any atom is 0.337 e. The van der Waals surface area contributed by atoms with E-state index in [1.807, 2.05) is 48.5 Å². The van der Waals surface area contributed by atoms with Gasteiger partial charge in [0, 0.05) is 5.92 Å². The molecule has 1 saturated heterocycles. The second kappa shape index (κ2) is 6.53. The highest BCUT2D eigenvalue weighted by atomic mass is 35.5. The molecule has 2 bridgehead atoms. The van der Waals surface area contributed by atoms with Gasteiger partial charge in [-0.25, -0.2) is 9.69 Å². The number of ether oxygens (including phenoxy) is 1. The van der Waals surface area contributed by atoms with Crippen molar-refractivity contribution < 1.29 is 19.1 Å². The van der Waals surface area contributed by atoms with E-state index >= 15 is 0 Å². The van der Waals surface area contributed by atoms with E-state index in [4.69, 9.17) is 16.3 Å². The van der Waals surface area contributed by atoms with Crippen LogP contribution in [-0.4, -0.2) is 24.9 Å². The van der Waals surface area contributed by atoms with Crippen LogP contribution in [0.25, 0.3) is 0 Å². The van der Waals surface area contributed by atoms with Crippen molar-refractivity contribution in [3.8, 4) is 0 Å². The molecule has 5 nitrogen and oxygen atoms in total. The molecular weight excluding hydrogens is 426 g/mol. The molecule has 0 saturated carbocycles. The van der Waals surface area contributed by atoms with Crippen molar-refractivity contribution in [3.63, 3.8) is 0 Å². The zero-order valence-electron chi connectivity index (χ0n) is 17.1. The maximum absolute atomic E-state index is 13.8. The molecule has 0 spiro atoms. The lowest BCUT2D eigenvalue weighted by atomic mass is 9.54. The lowest BCUT2D eigenvalue weighted by Crippen LogP contribution is -2.50. The van der Waals surface area contributed by atoms with Crippen LogP contribution in [0.3, 0.4) is 0 Å². The van der Waals surface area contributed by atoms with Crippen LogP contribution in [0.5, 0.6) is 0 Å². The molecule has 3 aromatic rings. The molecule has 7 rings (SSSR count). The molecule has 1 heterocycles. The number of nitrogens with zero attached hydrogens (tertiary/aromatic N) is 1. The number of anilines is 1. The van der Waals surface area contributed by atoms with E-state index in [9.17, 15) is 14.4 Å². The van der Waals surface area contributed by atoms with Gasteiger partial charge in [0.1, 0.15) is 4.87 Å². The summed E-state index contributed by atoms with van der Waals surface area (Å²) in [5.74, 6) is -2.75. The van der Waals surface area contributed by atoms with Crippen LogP contribution in [0.2, 0.25) is 0 Å². The molecule has 2 amide bonds. The molecule has 4 aliphatic rings. The summed E-state index contributed by atoms with van der Waals surface area (Å²) >= 11 is 7.40. The molecule has 0 aromatic heterocycles. The molecule has 32 heavy (non-hydrogen) atoms. The summed E-state index contributed by atoms with van der Waals surface area (Å²) in [6.07, 6.45) is 0. The molecule has 2 atom stereocenters. The van der Waals surface area contributed by atoms with Crippen LogP contribution < -0.4 is 4.90 Å². The topological polar surface area (TPSA) is 63.7 Å². The van der Waals surface area contributed by atoms with E-state index in [1.54, 1.807) is 18.2 Å². The van der Waals surface area contributed by atoms with Gasteiger partial charge in [0.2, 0.25) is 11.8 Å². The monoisotopic (exact) mass is 443 g/mol. The summed E-state index contributed by atoms with van der Waals surface area (Å²) in [4.78, 5) is 39.7. The van der Waals surface area contributed by atoms with Crippen LogP contribution >= 0.6 is 11.6 Å². The molecule has 0 unspecified atom stereocenters. The standard InChI is InChI=1S/C26H18ClNO4/c1-32-25(31)14-7-6-8-15(13-14)28-23(29)21-20-16-9-2-4-11-18(16)26(27,22(21)24(28)30)19-12-5-3-10-17(19)20/h2-13,20-22H,1H3/t20?,21-,22+,26?/m1/s1. The average Bonchev–Trinajstić information content (AvgIpc) is 3.10. The Kier molecular flexibility index (Phi) is 3.93. The first-order chi connectivity index (χ1) is 15.5. The van der Waals surface area contributed by atoms with Crippen molar-refractivity contribution in [2.75, 3.05) is 12.0 Å². The summed E-state index contributed by atoms with van der Waals surface area (Å²) in [5, 5.41) is 0. The van der Waals surface area contributed by atoms with Gasteiger partial charge in [0.05, 0.1) is 30.2 Å². The number of benzene rings is 3. The fourth-order valence-corrected chi connectivity index (χ4v) is 6.40. The second-order valence-electron chi connectivity index (χ2n) is 8.42. The molecule has 6 heteroatoms. The summed E-state index contributed by atoms with van der Waals surface area (Å²) < 4.78 is 4.80. The highest BCUT2D eigenvalue weighted by Gasteiger charge is 2.68. The van der Waals surface area contributed by atoms with E-state index in [0.29, 0.717) is 5.69 Å². The number of hydrogen-bond acceptors (Lipinski definition) is 4. The van der Waals surface area contributed by atoms with E-state index in [2.05, 4.69) is 0 Å². The predicted molar refractivity (Wildman–Crippen MR) is 119 cm³/mol. The number of halogens is 1. The Morgan fingerprint density at radius 1 is 0.906 bits per heavy atom. The van der Waals surface area contributed by atoms with Gasteiger partial charge < -0.3 is 4.74 Å². The molecule has 3 aromatic carbocycles. The van der Waals surface area contributed by atoms with Gasteiger partial charge in [-0.3, -0.25) is 9.59 Å². The van der Waals surface area contributed by atoms with E-state index in [-0.39, 0.29) is 23.3 Å². The normalized spacial score (nSPS) is 27.1. The third-order valence-corrected chi connectivity index (χ3v) is 7.68. The SMILES string of the molecule is COC(=O)c1cccc(N2C(=O)[C@@H]3C4c5ccccc5C(Cl)(c5ccccc54)[C@@H]3C2=O)c1. The highest BCUT2D eigenvalue weighted by Crippen LogP contribution is 2.65. The molecule has 158 valence electrons. The van der Waals surface area contributed by atoms with Crippen molar-refractivity contribution >= 4 is 35.1 Å². The van der Waals surface area contributed by atoms with Crippen molar-refractivity contribution in [1.29, 1.82) is 0 Å². The number of hydrogen-bond donors (Lipinski definition) is 0. The van der Waals surface area contributed by atoms with Crippen LogP contribution in [0, 0.1) is 11.8 Å². The van der Waals surface area contributed by atoms with Gasteiger partial charge in [-0.15, -0.1) is 11.6 Å². The van der Waals surface area contributed by atoms with Crippen LogP contribution in [0.1, 0.15) is 38.5 Å². The summed E-state index contributed by atoms with van der Waals surface area (Å²) in [5.41, 5.74) is 4.39. The van der Waals surface area contributed by atoms with Crippen molar-refractivity contribution in [2.45, 2.75) is 10.8 Å². The first-order valence-corrected chi connectivity index (χ1v) is 10.8. The van der Waals surface area contributed by atoms with E-state index in [0.717, 1.165) is 22.3 Å². The highest BCUT2D eigenvalue weighted by molar-refractivity contribution is 6.33. The Morgan fingerprint density at radius 3 is 2.16 bits per heavy atom. The van der Waals surface area contributed by atoms with Crippen LogP contribution in [-0.2, 0) is 19.2 Å². The predicted octanol–water partition coefficient (Wildman–Crippen LogP) is 4.22. The Labute approximate surface area is 189 Å². The van der Waals surface area contributed by atoms with Gasteiger partial charge in [0.15, 0.2) is 0 Å². The quantitative estimate of drug-likeness (QED) is 0.338. The molecule has 1 fully saturated rings. The van der Waals surface area contributed by atoms with Crippen molar-refractivity contribution in [2.24, 2.45) is 11.8 Å². The largest absolute Gasteiger partial charge is 0.465 e. The summed E-state index contributed by atoms with van der Waals surface area (Å²) in [6, 6.07) is 22.0. The number of carbonyl (C=O) groups excluding carboxylic acids is 3. The van der Waals surface area contributed by atoms with E-state index in [1.165, 1.54) is 18.1 Å². The first-order valence-electron chi connectivity index (χ1n) is 10.4. The zero-order valence-corrected chi connectivity index (χ0v) is 17.9. The number of methoxy groups -OCH3 is 1. The maximum atomic E-state index is 13.8. The van der Waals surface area contributed by atoms with Crippen molar-refractivity contribution in [1.82, 2.24) is 0 Å². The van der Waals surface area contributed by atoms with Gasteiger partial charge in [0.25, 0.3) is 0 Å². The zero-order chi connectivity index (χ0) is 22.2. The lowest BCUT2D eigenvalue weighted by Gasteiger charge is -2.50. The number of alkyl halides is 1. The number of esters is 1. The Hall–Kier alpha value is -3.44. The molecule has 3 aliphatic carbocycles. The number of amides is 2. The third kappa shape index (κ3) is 2.21. The minimum absolute atomic E-state index is 0.252. The van der Waals surface area contributed by atoms with Crippen molar-refractivity contribution in [3.05, 3.63) is 101 Å². The van der Waals surface area contributed by atoms with Crippen LogP contribution in [0.4, 0.5) is 5.69 Å². The number of carbonyl (C=O) groups is 3. The fraction of sp³-hybridized carbons (Fsp3) is 0.192. The fourth-order valence-electron chi connectivity index (χ4n) is 5.82. The van der Waals surface area contributed by atoms with Crippen LogP contribution in [0.15, 0.2) is 72.8 Å². The third-order valence-electron chi connectivity index (χ3n) is 7.04. The minimum atomic E-state index is -1.13. The number of rotatable bonds is 2. The molecule has 0 radical (unpaired) electrons. The first kappa shape index (κ1) is 19.3. The Bertz CT molecular complexity index is 1290. The lowest BCUT2D eigenvalue weighted by molar-refractivity contribution is -0.122. The molecular formula is C26H18ClNO4. The van der Waals surface area contributed by atoms with E-state index < -0.39 is 22.7 Å². The average molecular weight is 444 g/mol. The van der Waals surface area contributed by atoms with Gasteiger partial charge in [-0.2, -0.15) is 0 Å². The van der Waals surface area contributed by atoms with Gasteiger partial charge >= 0.3 is 5.97 Å². The smallest absolute Gasteiger partial charge is 0.337 e. The Balaban J connectivity index is 1.56.